The Hall–Kier alpha value is -1.55. The maximum atomic E-state index is 5.94. The molecule has 0 aliphatic rings. The fraction of sp³-hybridized carbons (Fsp3) is 0.308. The van der Waals surface area contributed by atoms with Crippen molar-refractivity contribution >= 4 is 16.3 Å². The van der Waals surface area contributed by atoms with Crippen LogP contribution < -0.4 is 10.5 Å². The third-order valence-corrected chi connectivity index (χ3v) is 3.04. The molecule has 2 N–H and O–H groups in total. The number of thiazole rings is 1. The molecule has 1 heterocycles. The maximum Gasteiger partial charge on any atom is 0.120 e. The fourth-order valence-electron chi connectivity index (χ4n) is 1.64. The number of hydrogen-bond donors (Lipinski definition) is 1. The fourth-order valence-corrected chi connectivity index (χ4v) is 2.35. The molecular formula is C13H16N2OS. The van der Waals surface area contributed by atoms with Gasteiger partial charge < -0.3 is 10.5 Å². The normalized spacial score (nSPS) is 10.8. The Bertz CT molecular complexity index is 520. The van der Waals surface area contributed by atoms with Gasteiger partial charge in [0.05, 0.1) is 11.1 Å². The van der Waals surface area contributed by atoms with Gasteiger partial charge in [0.25, 0.3) is 0 Å². The van der Waals surface area contributed by atoms with E-state index in [4.69, 9.17) is 10.5 Å². The van der Waals surface area contributed by atoms with Crippen LogP contribution in [-0.2, 0) is 0 Å². The molecule has 0 aliphatic heterocycles. The van der Waals surface area contributed by atoms with Gasteiger partial charge in [-0.3, -0.25) is 0 Å². The van der Waals surface area contributed by atoms with E-state index in [0.29, 0.717) is 0 Å². The highest BCUT2D eigenvalue weighted by Crippen LogP contribution is 2.32. The van der Waals surface area contributed by atoms with E-state index in [0.717, 1.165) is 27.0 Å². The van der Waals surface area contributed by atoms with Gasteiger partial charge in [-0.1, -0.05) is 12.1 Å². The number of aryl methyl sites for hydroxylation is 1. The lowest BCUT2D eigenvalue weighted by atomic mass is 10.1. The van der Waals surface area contributed by atoms with Crippen molar-refractivity contribution in [3.63, 3.8) is 0 Å². The Morgan fingerprint density at radius 2 is 2.12 bits per heavy atom. The molecule has 17 heavy (non-hydrogen) atoms. The van der Waals surface area contributed by atoms with E-state index in [9.17, 15) is 0 Å². The highest BCUT2D eigenvalue weighted by atomic mass is 32.1. The molecule has 2 rings (SSSR count). The Labute approximate surface area is 105 Å². The lowest BCUT2D eigenvalue weighted by Gasteiger charge is -2.10. The van der Waals surface area contributed by atoms with Gasteiger partial charge in [0.15, 0.2) is 0 Å². The SMILES string of the molecule is Cc1nc(-c2cccc(OC(C)C)c2)c(N)s1. The van der Waals surface area contributed by atoms with E-state index < -0.39 is 0 Å². The smallest absolute Gasteiger partial charge is 0.120 e. The Balaban J connectivity index is 2.36. The maximum absolute atomic E-state index is 5.94. The summed E-state index contributed by atoms with van der Waals surface area (Å²) in [4.78, 5) is 4.44. The molecular weight excluding hydrogens is 232 g/mol. The van der Waals surface area contributed by atoms with Crippen LogP contribution >= 0.6 is 11.3 Å². The van der Waals surface area contributed by atoms with Crippen LogP contribution in [-0.4, -0.2) is 11.1 Å². The molecule has 0 unspecified atom stereocenters. The number of rotatable bonds is 3. The lowest BCUT2D eigenvalue weighted by molar-refractivity contribution is 0.242. The summed E-state index contributed by atoms with van der Waals surface area (Å²) in [6.07, 6.45) is 0.166. The van der Waals surface area contributed by atoms with Crippen molar-refractivity contribution in [3.8, 4) is 17.0 Å². The van der Waals surface area contributed by atoms with E-state index in [1.807, 2.05) is 45.0 Å². The van der Waals surface area contributed by atoms with Gasteiger partial charge >= 0.3 is 0 Å². The second kappa shape index (κ2) is 4.75. The summed E-state index contributed by atoms with van der Waals surface area (Å²) in [5, 5.41) is 1.73. The summed E-state index contributed by atoms with van der Waals surface area (Å²) in [6, 6.07) is 7.88. The summed E-state index contributed by atoms with van der Waals surface area (Å²) in [5.74, 6) is 0.850. The number of nitrogens with two attached hydrogens (primary N) is 1. The van der Waals surface area contributed by atoms with Gasteiger partial charge in [-0.2, -0.15) is 0 Å². The zero-order valence-electron chi connectivity index (χ0n) is 10.2. The number of nitrogen functional groups attached to an aromatic ring is 1. The van der Waals surface area contributed by atoms with Crippen LogP contribution in [0.3, 0.4) is 0 Å². The first-order chi connectivity index (χ1) is 8.06. The number of ether oxygens (including phenoxy) is 1. The molecule has 0 radical (unpaired) electrons. The van der Waals surface area contributed by atoms with Crippen LogP contribution in [0.15, 0.2) is 24.3 Å². The second-order valence-electron chi connectivity index (χ2n) is 4.14. The van der Waals surface area contributed by atoms with Crippen LogP contribution in [0.4, 0.5) is 5.00 Å². The van der Waals surface area contributed by atoms with Crippen LogP contribution in [0.2, 0.25) is 0 Å². The first-order valence-electron chi connectivity index (χ1n) is 5.56. The van der Waals surface area contributed by atoms with Crippen LogP contribution in [0.1, 0.15) is 18.9 Å². The quantitative estimate of drug-likeness (QED) is 0.904. The van der Waals surface area contributed by atoms with Crippen molar-refractivity contribution in [2.45, 2.75) is 26.9 Å². The molecule has 2 aromatic rings. The molecule has 0 bridgehead atoms. The number of hydrogen-bond acceptors (Lipinski definition) is 4. The minimum absolute atomic E-state index is 0.166. The average molecular weight is 248 g/mol. The van der Waals surface area contributed by atoms with Crippen LogP contribution in [0, 0.1) is 6.92 Å². The van der Waals surface area contributed by atoms with Gasteiger partial charge in [-0.15, -0.1) is 11.3 Å². The predicted octanol–water partition coefficient (Wildman–Crippen LogP) is 3.49. The standard InChI is InChI=1S/C13H16N2OS/c1-8(2)16-11-6-4-5-10(7-11)12-13(14)17-9(3)15-12/h4-8H,14H2,1-3H3. The molecule has 0 aliphatic carbocycles. The van der Waals surface area contributed by atoms with Gasteiger partial charge in [-0.25, -0.2) is 4.98 Å². The van der Waals surface area contributed by atoms with Crippen LogP contribution in [0.25, 0.3) is 11.3 Å². The van der Waals surface area contributed by atoms with Gasteiger partial charge in [-0.05, 0) is 32.9 Å². The van der Waals surface area contributed by atoms with E-state index in [2.05, 4.69) is 4.98 Å². The highest BCUT2D eigenvalue weighted by Gasteiger charge is 2.09. The number of benzene rings is 1. The molecule has 4 heteroatoms. The number of anilines is 1. The molecule has 0 amide bonds. The van der Waals surface area contributed by atoms with Gasteiger partial charge in [0.2, 0.25) is 0 Å². The molecule has 0 spiro atoms. The monoisotopic (exact) mass is 248 g/mol. The molecule has 0 saturated heterocycles. The van der Waals surface area contributed by atoms with Crippen molar-refractivity contribution in [3.05, 3.63) is 29.3 Å². The zero-order valence-corrected chi connectivity index (χ0v) is 11.0. The van der Waals surface area contributed by atoms with Crippen molar-refractivity contribution < 1.29 is 4.74 Å². The van der Waals surface area contributed by atoms with Crippen molar-refractivity contribution in [2.75, 3.05) is 5.73 Å². The molecule has 1 aromatic carbocycles. The molecule has 3 nitrogen and oxygen atoms in total. The summed E-state index contributed by atoms with van der Waals surface area (Å²) in [7, 11) is 0. The van der Waals surface area contributed by atoms with Crippen molar-refractivity contribution in [1.29, 1.82) is 0 Å². The first-order valence-corrected chi connectivity index (χ1v) is 6.38. The minimum Gasteiger partial charge on any atom is -0.491 e. The third-order valence-electron chi connectivity index (χ3n) is 2.24. The topological polar surface area (TPSA) is 48.1 Å². The minimum atomic E-state index is 0.166. The van der Waals surface area contributed by atoms with Crippen LogP contribution in [0.5, 0.6) is 5.75 Å². The molecule has 1 aromatic heterocycles. The number of nitrogens with zero attached hydrogens (tertiary/aromatic N) is 1. The summed E-state index contributed by atoms with van der Waals surface area (Å²) in [5.41, 5.74) is 7.79. The third kappa shape index (κ3) is 2.77. The van der Waals surface area contributed by atoms with E-state index in [-0.39, 0.29) is 6.10 Å². The van der Waals surface area contributed by atoms with Crippen molar-refractivity contribution in [2.24, 2.45) is 0 Å². The Morgan fingerprint density at radius 1 is 1.35 bits per heavy atom. The number of aromatic nitrogens is 1. The highest BCUT2D eigenvalue weighted by molar-refractivity contribution is 7.16. The lowest BCUT2D eigenvalue weighted by Crippen LogP contribution is -2.05. The second-order valence-corrected chi connectivity index (χ2v) is 5.37. The molecule has 0 atom stereocenters. The van der Waals surface area contributed by atoms with Gasteiger partial charge in [0.1, 0.15) is 16.4 Å². The Morgan fingerprint density at radius 3 is 2.71 bits per heavy atom. The molecule has 0 saturated carbocycles. The van der Waals surface area contributed by atoms with E-state index in [1.165, 1.54) is 11.3 Å². The summed E-state index contributed by atoms with van der Waals surface area (Å²) < 4.78 is 5.66. The van der Waals surface area contributed by atoms with Crippen molar-refractivity contribution in [1.82, 2.24) is 4.98 Å². The molecule has 90 valence electrons. The zero-order chi connectivity index (χ0) is 12.4. The molecule has 0 fully saturated rings. The largest absolute Gasteiger partial charge is 0.491 e. The summed E-state index contributed by atoms with van der Waals surface area (Å²) in [6.45, 7) is 5.97. The Kier molecular flexibility index (Phi) is 3.33. The van der Waals surface area contributed by atoms with E-state index in [1.54, 1.807) is 0 Å². The van der Waals surface area contributed by atoms with Gasteiger partial charge in [0, 0.05) is 5.56 Å². The average Bonchev–Trinajstić information content (AvgIpc) is 2.57. The predicted molar refractivity (Wildman–Crippen MR) is 72.5 cm³/mol. The summed E-state index contributed by atoms with van der Waals surface area (Å²) >= 11 is 1.51. The van der Waals surface area contributed by atoms with E-state index >= 15 is 0 Å². The first kappa shape index (κ1) is 11.9.